The molecule has 134 valence electrons. The van der Waals surface area contributed by atoms with Gasteiger partial charge in [0.2, 0.25) is 5.82 Å². The molecule has 0 saturated carbocycles. The normalized spacial score (nSPS) is 11.0. The third-order valence-corrected chi connectivity index (χ3v) is 3.73. The van der Waals surface area contributed by atoms with E-state index < -0.39 is 11.7 Å². The summed E-state index contributed by atoms with van der Waals surface area (Å²) in [6.45, 7) is 3.81. The first-order valence-corrected chi connectivity index (χ1v) is 8.21. The molecule has 0 spiro atoms. The van der Waals surface area contributed by atoms with Crippen molar-refractivity contribution < 1.29 is 13.9 Å². The highest BCUT2D eigenvalue weighted by molar-refractivity contribution is 6.31. The van der Waals surface area contributed by atoms with Crippen molar-refractivity contribution in [3.8, 4) is 5.75 Å². The first-order valence-electron chi connectivity index (χ1n) is 7.84. The first-order chi connectivity index (χ1) is 12.3. The maximum absolute atomic E-state index is 13.3. The minimum atomic E-state index is -0.762. The van der Waals surface area contributed by atoms with Gasteiger partial charge in [0.1, 0.15) is 17.4 Å². The lowest BCUT2D eigenvalue weighted by molar-refractivity contribution is 0.0991. The van der Waals surface area contributed by atoms with Crippen LogP contribution >= 0.6 is 11.6 Å². The number of aromatic nitrogens is 2. The molecule has 0 saturated heterocycles. The Kier molecular flexibility index (Phi) is 4.90. The van der Waals surface area contributed by atoms with Crippen molar-refractivity contribution in [3.05, 3.63) is 53.1 Å². The Bertz CT molecular complexity index is 994. The van der Waals surface area contributed by atoms with E-state index in [0.29, 0.717) is 28.2 Å². The number of hydrogen-bond donors (Lipinski definition) is 2. The predicted octanol–water partition coefficient (Wildman–Crippen LogP) is 4.05. The van der Waals surface area contributed by atoms with Crippen LogP contribution in [0.2, 0.25) is 5.02 Å². The van der Waals surface area contributed by atoms with Crippen LogP contribution in [0.4, 0.5) is 15.9 Å². The van der Waals surface area contributed by atoms with Gasteiger partial charge in [-0.25, -0.2) is 14.4 Å². The zero-order valence-corrected chi connectivity index (χ0v) is 14.8. The summed E-state index contributed by atoms with van der Waals surface area (Å²) in [4.78, 5) is 19.9. The van der Waals surface area contributed by atoms with Crippen LogP contribution < -0.4 is 15.8 Å². The molecule has 1 amide bonds. The molecule has 1 heterocycles. The van der Waals surface area contributed by atoms with Crippen LogP contribution in [-0.2, 0) is 0 Å². The number of amides is 1. The number of nitrogens with zero attached hydrogens (tertiary/aromatic N) is 2. The van der Waals surface area contributed by atoms with Crippen LogP contribution in [0.15, 0.2) is 36.4 Å². The highest BCUT2D eigenvalue weighted by Gasteiger charge is 2.13. The quantitative estimate of drug-likeness (QED) is 0.703. The topological polar surface area (TPSA) is 90.1 Å². The summed E-state index contributed by atoms with van der Waals surface area (Å²) in [6.07, 6.45) is -0.0103. The molecule has 8 heteroatoms. The Labute approximate surface area is 154 Å². The lowest BCUT2D eigenvalue weighted by Crippen LogP contribution is -2.16. The number of benzene rings is 2. The van der Waals surface area contributed by atoms with E-state index in [1.54, 1.807) is 18.2 Å². The van der Waals surface area contributed by atoms with Crippen molar-refractivity contribution in [3.63, 3.8) is 0 Å². The van der Waals surface area contributed by atoms with Crippen molar-refractivity contribution in [2.24, 2.45) is 5.73 Å². The molecule has 1 aromatic heterocycles. The predicted molar refractivity (Wildman–Crippen MR) is 98.5 cm³/mol. The summed E-state index contributed by atoms with van der Waals surface area (Å²) in [5, 5.41) is 3.63. The van der Waals surface area contributed by atoms with Crippen molar-refractivity contribution in [2.45, 2.75) is 20.0 Å². The number of nitrogens with one attached hydrogen (secondary N) is 1. The van der Waals surface area contributed by atoms with Gasteiger partial charge in [0.05, 0.1) is 16.6 Å². The molecule has 0 aliphatic heterocycles. The van der Waals surface area contributed by atoms with Gasteiger partial charge >= 0.3 is 0 Å². The number of primary amides is 1. The van der Waals surface area contributed by atoms with E-state index in [2.05, 4.69) is 15.3 Å². The summed E-state index contributed by atoms with van der Waals surface area (Å²) < 4.78 is 19.0. The fraction of sp³-hybridized carbons (Fsp3) is 0.167. The van der Waals surface area contributed by atoms with Gasteiger partial charge < -0.3 is 15.8 Å². The van der Waals surface area contributed by atoms with E-state index in [9.17, 15) is 9.18 Å². The van der Waals surface area contributed by atoms with Gasteiger partial charge in [0.25, 0.3) is 5.91 Å². The van der Waals surface area contributed by atoms with Gasteiger partial charge in [-0.15, -0.1) is 0 Å². The van der Waals surface area contributed by atoms with Gasteiger partial charge in [-0.3, -0.25) is 4.79 Å². The molecule has 2 aromatic carbocycles. The standard InChI is InChI=1S/C18H16ClFN4O2/c1-9(2)26-11-4-5-12-15(8-11)23-18(16(21)25)24-17(12)22-10-3-6-14(20)13(19)7-10/h3-9H,1-2H3,(H2,21,25)(H,22,23,24). The Hall–Kier alpha value is -2.93. The number of hydrogen-bond acceptors (Lipinski definition) is 5. The monoisotopic (exact) mass is 374 g/mol. The van der Waals surface area contributed by atoms with Gasteiger partial charge in [0.15, 0.2) is 0 Å². The van der Waals surface area contributed by atoms with Crippen molar-refractivity contribution >= 4 is 39.9 Å². The fourth-order valence-electron chi connectivity index (χ4n) is 2.37. The molecule has 0 atom stereocenters. The SMILES string of the molecule is CC(C)Oc1ccc2c(Nc3ccc(F)c(Cl)c3)nc(C(N)=O)nc2c1. The Morgan fingerprint density at radius 3 is 2.65 bits per heavy atom. The molecule has 6 nitrogen and oxygen atoms in total. The van der Waals surface area contributed by atoms with E-state index >= 15 is 0 Å². The van der Waals surface area contributed by atoms with E-state index in [1.165, 1.54) is 18.2 Å². The third kappa shape index (κ3) is 3.83. The van der Waals surface area contributed by atoms with Crippen LogP contribution in [0.3, 0.4) is 0 Å². The maximum atomic E-state index is 13.3. The van der Waals surface area contributed by atoms with E-state index in [4.69, 9.17) is 22.1 Å². The smallest absolute Gasteiger partial charge is 0.286 e. The minimum Gasteiger partial charge on any atom is -0.491 e. The molecule has 3 N–H and O–H groups in total. The maximum Gasteiger partial charge on any atom is 0.286 e. The second-order valence-electron chi connectivity index (χ2n) is 5.86. The number of rotatable bonds is 5. The zero-order chi connectivity index (χ0) is 18.8. The first kappa shape index (κ1) is 17.9. The van der Waals surface area contributed by atoms with Crippen LogP contribution in [-0.4, -0.2) is 22.0 Å². The van der Waals surface area contributed by atoms with Crippen molar-refractivity contribution in [1.82, 2.24) is 9.97 Å². The molecular formula is C18H16ClFN4O2. The fourth-order valence-corrected chi connectivity index (χ4v) is 2.55. The highest BCUT2D eigenvalue weighted by atomic mass is 35.5. The Balaban J connectivity index is 2.09. The lowest BCUT2D eigenvalue weighted by atomic mass is 10.2. The molecule has 3 rings (SSSR count). The number of fused-ring (bicyclic) bond motifs is 1. The second kappa shape index (κ2) is 7.13. The number of anilines is 2. The van der Waals surface area contributed by atoms with Gasteiger partial charge in [-0.1, -0.05) is 11.6 Å². The second-order valence-corrected chi connectivity index (χ2v) is 6.27. The van der Waals surface area contributed by atoms with Crippen molar-refractivity contribution in [2.75, 3.05) is 5.32 Å². The van der Waals surface area contributed by atoms with Crippen LogP contribution in [0.5, 0.6) is 5.75 Å². The summed E-state index contributed by atoms with van der Waals surface area (Å²) >= 11 is 5.81. The molecule has 3 aromatic rings. The van der Waals surface area contributed by atoms with Crippen molar-refractivity contribution in [1.29, 1.82) is 0 Å². The molecule has 0 fully saturated rings. The minimum absolute atomic E-state index is 0.0103. The molecule has 0 aliphatic carbocycles. The molecule has 0 aliphatic rings. The lowest BCUT2D eigenvalue weighted by Gasteiger charge is -2.13. The molecule has 0 unspecified atom stereocenters. The largest absolute Gasteiger partial charge is 0.491 e. The van der Waals surface area contributed by atoms with Gasteiger partial charge in [-0.2, -0.15) is 0 Å². The number of nitrogens with two attached hydrogens (primary N) is 1. The van der Waals surface area contributed by atoms with E-state index in [-0.39, 0.29) is 17.0 Å². The molecule has 0 bridgehead atoms. The summed E-state index contributed by atoms with van der Waals surface area (Å²) in [7, 11) is 0. The zero-order valence-electron chi connectivity index (χ0n) is 14.1. The average molecular weight is 375 g/mol. The Morgan fingerprint density at radius 2 is 2.00 bits per heavy atom. The molecule has 0 radical (unpaired) electrons. The summed E-state index contributed by atoms with van der Waals surface area (Å²) in [5.74, 6) is -0.477. The van der Waals surface area contributed by atoms with E-state index in [1.807, 2.05) is 13.8 Å². The summed E-state index contributed by atoms with van der Waals surface area (Å²) in [6, 6.07) is 9.41. The Morgan fingerprint density at radius 1 is 1.23 bits per heavy atom. The number of ether oxygens (including phenoxy) is 1. The highest BCUT2D eigenvalue weighted by Crippen LogP contribution is 2.29. The van der Waals surface area contributed by atoms with Gasteiger partial charge in [0, 0.05) is 17.1 Å². The van der Waals surface area contributed by atoms with Gasteiger partial charge in [-0.05, 0) is 44.2 Å². The average Bonchev–Trinajstić information content (AvgIpc) is 2.57. The number of halogens is 2. The number of carbonyl (C=O) groups excluding carboxylic acids is 1. The van der Waals surface area contributed by atoms with Crippen LogP contribution in [0.1, 0.15) is 24.5 Å². The van der Waals surface area contributed by atoms with Crippen LogP contribution in [0.25, 0.3) is 10.9 Å². The van der Waals surface area contributed by atoms with E-state index in [0.717, 1.165) is 0 Å². The third-order valence-electron chi connectivity index (χ3n) is 3.44. The molecule has 26 heavy (non-hydrogen) atoms. The number of carbonyl (C=O) groups is 1. The summed E-state index contributed by atoms with van der Waals surface area (Å²) in [5.41, 5.74) is 6.33. The van der Waals surface area contributed by atoms with Crippen LogP contribution in [0, 0.1) is 5.82 Å². The molecular weight excluding hydrogens is 359 g/mol.